The van der Waals surface area contributed by atoms with Gasteiger partial charge in [0.15, 0.2) is 11.6 Å². The van der Waals surface area contributed by atoms with Crippen LogP contribution in [0.15, 0.2) is 54.6 Å². The van der Waals surface area contributed by atoms with Crippen molar-refractivity contribution in [2.45, 2.75) is 58.0 Å². The van der Waals surface area contributed by atoms with E-state index in [1.54, 1.807) is 18.2 Å². The Balaban J connectivity index is 1.46. The Hall–Kier alpha value is -2.59. The molecule has 1 aliphatic rings. The summed E-state index contributed by atoms with van der Waals surface area (Å²) in [6, 6.07) is 16.1. The van der Waals surface area contributed by atoms with Crippen molar-refractivity contribution in [2.75, 3.05) is 6.61 Å². The zero-order chi connectivity index (χ0) is 22.7. The number of hydrogen-bond donors (Lipinski definition) is 0. The van der Waals surface area contributed by atoms with Crippen LogP contribution in [0.1, 0.15) is 66.7 Å². The monoisotopic (exact) mass is 438 g/mol. The second-order valence-electron chi connectivity index (χ2n) is 8.74. The van der Waals surface area contributed by atoms with E-state index in [4.69, 9.17) is 4.74 Å². The molecule has 3 aromatic carbocycles. The van der Waals surface area contributed by atoms with Gasteiger partial charge in [-0.2, -0.15) is 0 Å². The molecule has 1 nitrogen and oxygen atoms in total. The zero-order valence-corrected chi connectivity index (χ0v) is 18.6. The molecule has 168 valence electrons. The summed E-state index contributed by atoms with van der Waals surface area (Å²) in [6.45, 7) is 4.87. The largest absolute Gasteiger partial charge is 0.377 e. The summed E-state index contributed by atoms with van der Waals surface area (Å²) >= 11 is 0. The van der Waals surface area contributed by atoms with Crippen LogP contribution in [0.2, 0.25) is 0 Å². The van der Waals surface area contributed by atoms with E-state index in [9.17, 15) is 13.2 Å². The highest BCUT2D eigenvalue weighted by atomic mass is 19.2. The molecule has 0 amide bonds. The van der Waals surface area contributed by atoms with Gasteiger partial charge in [0.1, 0.15) is 5.82 Å². The molecule has 4 heteroatoms. The molecular formula is C28H29F3O. The fourth-order valence-electron chi connectivity index (χ4n) is 4.76. The average molecular weight is 439 g/mol. The van der Waals surface area contributed by atoms with Crippen molar-refractivity contribution in [3.05, 3.63) is 94.3 Å². The van der Waals surface area contributed by atoms with Gasteiger partial charge in [-0.1, -0.05) is 54.1 Å². The molecule has 0 saturated heterocycles. The van der Waals surface area contributed by atoms with Crippen LogP contribution < -0.4 is 0 Å². The van der Waals surface area contributed by atoms with E-state index in [1.165, 1.54) is 0 Å². The molecule has 32 heavy (non-hydrogen) atoms. The van der Waals surface area contributed by atoms with Crippen LogP contribution in [0, 0.1) is 24.4 Å². The predicted octanol–water partition coefficient (Wildman–Crippen LogP) is 8.06. The fraction of sp³-hybridized carbons (Fsp3) is 0.357. The van der Waals surface area contributed by atoms with Crippen LogP contribution in [0.4, 0.5) is 13.2 Å². The lowest BCUT2D eigenvalue weighted by atomic mass is 9.75. The lowest BCUT2D eigenvalue weighted by Gasteiger charge is -2.30. The maximum Gasteiger partial charge on any atom is 0.166 e. The first-order valence-corrected chi connectivity index (χ1v) is 11.4. The highest BCUT2D eigenvalue weighted by Crippen LogP contribution is 2.43. The number of aryl methyl sites for hydroxylation is 1. The third-order valence-corrected chi connectivity index (χ3v) is 6.62. The molecule has 1 aliphatic carbocycles. The van der Waals surface area contributed by atoms with Crippen LogP contribution >= 0.6 is 0 Å². The molecule has 3 aromatic rings. The van der Waals surface area contributed by atoms with Gasteiger partial charge in [-0.15, -0.1) is 0 Å². The van der Waals surface area contributed by atoms with Crippen molar-refractivity contribution in [1.82, 2.24) is 0 Å². The molecule has 0 bridgehead atoms. The Morgan fingerprint density at radius 2 is 1.41 bits per heavy atom. The van der Waals surface area contributed by atoms with Crippen LogP contribution in [0.3, 0.4) is 0 Å². The van der Waals surface area contributed by atoms with E-state index >= 15 is 0 Å². The Kier molecular flexibility index (Phi) is 7.00. The third-order valence-electron chi connectivity index (χ3n) is 6.62. The summed E-state index contributed by atoms with van der Waals surface area (Å²) < 4.78 is 49.9. The molecule has 0 aliphatic heterocycles. The molecule has 0 N–H and O–H groups in total. The van der Waals surface area contributed by atoms with Gasteiger partial charge >= 0.3 is 0 Å². The average Bonchev–Trinajstić information content (AvgIpc) is 2.80. The van der Waals surface area contributed by atoms with Crippen LogP contribution in [0.5, 0.6) is 0 Å². The first-order chi connectivity index (χ1) is 15.5. The van der Waals surface area contributed by atoms with Gasteiger partial charge in [-0.3, -0.25) is 0 Å². The first kappa shape index (κ1) is 22.6. The fourth-order valence-corrected chi connectivity index (χ4v) is 4.76. The summed E-state index contributed by atoms with van der Waals surface area (Å²) in [4.78, 5) is 0. The maximum atomic E-state index is 15.0. The van der Waals surface area contributed by atoms with Gasteiger partial charge in [0.05, 0.1) is 6.61 Å². The second kappa shape index (κ2) is 9.91. The van der Waals surface area contributed by atoms with Gasteiger partial charge in [0, 0.05) is 12.2 Å². The molecule has 4 rings (SSSR count). The lowest BCUT2D eigenvalue weighted by molar-refractivity contribution is 0.134. The van der Waals surface area contributed by atoms with Gasteiger partial charge in [0.25, 0.3) is 0 Å². The van der Waals surface area contributed by atoms with Crippen molar-refractivity contribution >= 4 is 0 Å². The molecule has 0 unspecified atom stereocenters. The topological polar surface area (TPSA) is 9.23 Å². The van der Waals surface area contributed by atoms with E-state index in [2.05, 4.69) is 0 Å². The van der Waals surface area contributed by atoms with Crippen molar-refractivity contribution in [3.63, 3.8) is 0 Å². The van der Waals surface area contributed by atoms with Gasteiger partial charge in [-0.05, 0) is 79.7 Å². The summed E-state index contributed by atoms with van der Waals surface area (Å²) in [7, 11) is 0. The minimum atomic E-state index is -0.788. The third kappa shape index (κ3) is 4.75. The summed E-state index contributed by atoms with van der Waals surface area (Å²) in [5.41, 5.74) is 4.01. The predicted molar refractivity (Wildman–Crippen MR) is 122 cm³/mol. The summed E-state index contributed by atoms with van der Waals surface area (Å²) in [5.74, 6) is -1.69. The van der Waals surface area contributed by atoms with Crippen molar-refractivity contribution in [1.29, 1.82) is 0 Å². The Labute approximate surface area is 188 Å². The van der Waals surface area contributed by atoms with E-state index in [0.29, 0.717) is 42.7 Å². The van der Waals surface area contributed by atoms with Crippen molar-refractivity contribution in [2.24, 2.45) is 0 Å². The number of halogens is 3. The lowest BCUT2D eigenvalue weighted by Crippen LogP contribution is -2.15. The number of ether oxygens (including phenoxy) is 1. The number of benzene rings is 3. The summed E-state index contributed by atoms with van der Waals surface area (Å²) in [6.07, 6.45) is 2.94. The molecule has 0 aromatic heterocycles. The molecule has 0 radical (unpaired) electrons. The standard InChI is InChI=1S/C28H29F3O/c1-3-32-17-19-6-13-23(26(29)16-19)20-9-11-22(12-10-20)25-15-14-24(27(30)28(25)31)21-7-4-18(2)5-8-21/h4-8,13-16,20,22H,3,9-12,17H2,1-2H3. The SMILES string of the molecule is CCOCc1ccc(C2CCC(c3ccc(-c4ccc(C)cc4)c(F)c3F)CC2)c(F)c1. The van der Waals surface area contributed by atoms with E-state index in [-0.39, 0.29) is 23.2 Å². The van der Waals surface area contributed by atoms with Crippen LogP contribution in [-0.4, -0.2) is 6.61 Å². The molecule has 0 atom stereocenters. The number of rotatable bonds is 6. The molecule has 0 spiro atoms. The maximum absolute atomic E-state index is 15.0. The van der Waals surface area contributed by atoms with Gasteiger partial charge in [-0.25, -0.2) is 13.2 Å². The van der Waals surface area contributed by atoms with E-state index < -0.39 is 11.6 Å². The zero-order valence-electron chi connectivity index (χ0n) is 18.6. The molecular weight excluding hydrogens is 409 g/mol. The second-order valence-corrected chi connectivity index (χ2v) is 8.74. The highest BCUT2D eigenvalue weighted by Gasteiger charge is 2.28. The van der Waals surface area contributed by atoms with Crippen molar-refractivity contribution < 1.29 is 17.9 Å². The molecule has 0 heterocycles. The smallest absolute Gasteiger partial charge is 0.166 e. The van der Waals surface area contributed by atoms with E-state index in [1.807, 2.05) is 50.2 Å². The van der Waals surface area contributed by atoms with E-state index in [0.717, 1.165) is 24.0 Å². The van der Waals surface area contributed by atoms with Crippen LogP contribution in [-0.2, 0) is 11.3 Å². The normalized spacial score (nSPS) is 18.7. The quantitative estimate of drug-likeness (QED) is 0.378. The Morgan fingerprint density at radius 1 is 0.781 bits per heavy atom. The minimum Gasteiger partial charge on any atom is -0.377 e. The Morgan fingerprint density at radius 3 is 2.03 bits per heavy atom. The first-order valence-electron chi connectivity index (χ1n) is 11.4. The summed E-state index contributed by atoms with van der Waals surface area (Å²) in [5, 5.41) is 0. The van der Waals surface area contributed by atoms with Gasteiger partial charge in [0.2, 0.25) is 0 Å². The number of hydrogen-bond acceptors (Lipinski definition) is 1. The van der Waals surface area contributed by atoms with Crippen molar-refractivity contribution in [3.8, 4) is 11.1 Å². The highest BCUT2D eigenvalue weighted by molar-refractivity contribution is 5.65. The molecule has 1 saturated carbocycles. The van der Waals surface area contributed by atoms with Gasteiger partial charge < -0.3 is 4.74 Å². The Bertz CT molecular complexity index is 1070. The van der Waals surface area contributed by atoms with Crippen LogP contribution in [0.25, 0.3) is 11.1 Å². The molecule has 1 fully saturated rings. The minimum absolute atomic E-state index is 0.0480.